The van der Waals surface area contributed by atoms with Crippen molar-refractivity contribution >= 4 is 21.4 Å². The Balaban J connectivity index is 2.06. The van der Waals surface area contributed by atoms with E-state index in [0.29, 0.717) is 5.13 Å². The first kappa shape index (κ1) is 10.2. The van der Waals surface area contributed by atoms with Gasteiger partial charge in [0.15, 0.2) is 0 Å². The zero-order valence-electron chi connectivity index (χ0n) is 9.37. The third-order valence-corrected chi connectivity index (χ3v) is 3.40. The summed E-state index contributed by atoms with van der Waals surface area (Å²) in [6.07, 6.45) is 0. The summed E-state index contributed by atoms with van der Waals surface area (Å²) in [5.74, 6) is 0.851. The molecule has 2 N–H and O–H groups in total. The normalized spacial score (nSPS) is 11.1. The van der Waals surface area contributed by atoms with E-state index in [2.05, 4.69) is 22.3 Å². The van der Waals surface area contributed by atoms with Crippen LogP contribution in [0.1, 0.15) is 11.4 Å². The number of rotatable bonds is 2. The van der Waals surface area contributed by atoms with E-state index in [1.807, 2.05) is 29.8 Å². The van der Waals surface area contributed by atoms with E-state index in [-0.39, 0.29) is 0 Å². The van der Waals surface area contributed by atoms with Gasteiger partial charge in [-0.2, -0.15) is 0 Å². The van der Waals surface area contributed by atoms with Crippen LogP contribution in [0.5, 0.6) is 0 Å². The molecule has 0 aliphatic carbocycles. The lowest BCUT2D eigenvalue weighted by molar-refractivity contribution is -0.718. The summed E-state index contributed by atoms with van der Waals surface area (Å²) in [5.41, 5.74) is 6.92. The molecule has 0 unspecified atom stereocenters. The van der Waals surface area contributed by atoms with Gasteiger partial charge in [0.25, 0.3) is 5.82 Å². The van der Waals surface area contributed by atoms with Crippen LogP contribution in [-0.2, 0) is 6.54 Å². The van der Waals surface area contributed by atoms with Gasteiger partial charge in [-0.25, -0.2) is 0 Å². The molecule has 86 valence electrons. The Bertz CT molecular complexity index is 655. The van der Waals surface area contributed by atoms with E-state index in [1.165, 1.54) is 16.9 Å². The van der Waals surface area contributed by atoms with Crippen molar-refractivity contribution in [2.75, 3.05) is 5.73 Å². The van der Waals surface area contributed by atoms with Crippen molar-refractivity contribution in [3.63, 3.8) is 0 Å². The van der Waals surface area contributed by atoms with Gasteiger partial charge in [0, 0.05) is 6.92 Å². The van der Waals surface area contributed by atoms with Crippen LogP contribution < -0.4 is 10.4 Å². The molecule has 0 saturated heterocycles. The molecule has 2 aromatic heterocycles. The van der Waals surface area contributed by atoms with Crippen LogP contribution in [0.25, 0.3) is 4.96 Å². The van der Waals surface area contributed by atoms with Gasteiger partial charge in [-0.1, -0.05) is 34.8 Å². The molecule has 1 aromatic carbocycles. The average molecular weight is 246 g/mol. The van der Waals surface area contributed by atoms with Crippen LogP contribution in [0.2, 0.25) is 0 Å². The van der Waals surface area contributed by atoms with E-state index in [9.17, 15) is 0 Å². The molecule has 2 heterocycles. The fourth-order valence-corrected chi connectivity index (χ4v) is 2.57. The second-order valence-electron chi connectivity index (χ2n) is 3.83. The molecule has 0 aliphatic rings. The summed E-state index contributed by atoms with van der Waals surface area (Å²) in [6, 6.07) is 10.2. The van der Waals surface area contributed by atoms with Gasteiger partial charge >= 0.3 is 4.96 Å². The SMILES string of the molecule is Cc1n[n+](Cc2ccccc2)c2sc(N)nn12. The zero-order chi connectivity index (χ0) is 11.8. The van der Waals surface area contributed by atoms with Gasteiger partial charge in [0.05, 0.1) is 0 Å². The monoisotopic (exact) mass is 246 g/mol. The Labute approximate surface area is 102 Å². The summed E-state index contributed by atoms with van der Waals surface area (Å²) in [4.78, 5) is 0.962. The largest absolute Gasteiger partial charge is 0.392 e. The van der Waals surface area contributed by atoms with Gasteiger partial charge in [0.1, 0.15) is 6.54 Å². The molecular formula is C11H12N5S+. The highest BCUT2D eigenvalue weighted by Crippen LogP contribution is 2.14. The third-order valence-electron chi connectivity index (χ3n) is 2.54. The number of hydrogen-bond acceptors (Lipinski definition) is 4. The fourth-order valence-electron chi connectivity index (χ4n) is 1.79. The van der Waals surface area contributed by atoms with Crippen LogP contribution in [-0.4, -0.2) is 14.7 Å². The van der Waals surface area contributed by atoms with Gasteiger partial charge in [-0.15, -0.1) is 4.68 Å². The Morgan fingerprint density at radius 1 is 1.35 bits per heavy atom. The molecule has 0 amide bonds. The Morgan fingerprint density at radius 2 is 2.12 bits per heavy atom. The number of anilines is 1. The summed E-state index contributed by atoms with van der Waals surface area (Å²) in [6.45, 7) is 2.66. The smallest absolute Gasteiger partial charge is 0.372 e. The first-order valence-electron chi connectivity index (χ1n) is 5.30. The van der Waals surface area contributed by atoms with Crippen LogP contribution in [0, 0.1) is 6.92 Å². The number of benzene rings is 1. The lowest BCUT2D eigenvalue weighted by Crippen LogP contribution is -2.36. The predicted molar refractivity (Wildman–Crippen MR) is 65.8 cm³/mol. The average Bonchev–Trinajstić information content (AvgIpc) is 2.82. The van der Waals surface area contributed by atoms with E-state index >= 15 is 0 Å². The number of nitrogen functional groups attached to an aromatic ring is 1. The fraction of sp³-hybridized carbons (Fsp3) is 0.182. The van der Waals surface area contributed by atoms with Crippen LogP contribution in [0.3, 0.4) is 0 Å². The topological polar surface area (TPSA) is 60.1 Å². The molecule has 0 atom stereocenters. The van der Waals surface area contributed by atoms with E-state index < -0.39 is 0 Å². The first-order valence-corrected chi connectivity index (χ1v) is 6.11. The molecule has 0 aliphatic heterocycles. The minimum Gasteiger partial charge on any atom is -0.372 e. The Morgan fingerprint density at radius 3 is 2.88 bits per heavy atom. The van der Waals surface area contributed by atoms with Gasteiger partial charge in [0.2, 0.25) is 5.13 Å². The molecule has 0 radical (unpaired) electrons. The molecule has 6 heteroatoms. The molecule has 0 saturated carbocycles. The van der Waals surface area contributed by atoms with E-state index in [4.69, 9.17) is 5.73 Å². The van der Waals surface area contributed by atoms with Crippen molar-refractivity contribution in [3.8, 4) is 0 Å². The maximum absolute atomic E-state index is 5.71. The van der Waals surface area contributed by atoms with Gasteiger partial charge in [-0.3, -0.25) is 0 Å². The highest BCUT2D eigenvalue weighted by Gasteiger charge is 2.21. The zero-order valence-corrected chi connectivity index (χ0v) is 10.2. The van der Waals surface area contributed by atoms with Gasteiger partial charge in [-0.05, 0) is 27.1 Å². The third kappa shape index (κ3) is 1.76. The van der Waals surface area contributed by atoms with E-state index in [0.717, 1.165) is 17.3 Å². The quantitative estimate of drug-likeness (QED) is 0.687. The van der Waals surface area contributed by atoms with Crippen molar-refractivity contribution in [2.45, 2.75) is 13.5 Å². The number of fused-ring (bicyclic) bond motifs is 1. The lowest BCUT2D eigenvalue weighted by Gasteiger charge is -1.94. The predicted octanol–water partition coefficient (Wildman–Crippen LogP) is 1.02. The maximum Gasteiger partial charge on any atom is 0.392 e. The van der Waals surface area contributed by atoms with Crippen LogP contribution in [0.4, 0.5) is 5.13 Å². The molecule has 5 nitrogen and oxygen atoms in total. The highest BCUT2D eigenvalue weighted by atomic mass is 32.1. The molecule has 17 heavy (non-hydrogen) atoms. The minimum absolute atomic E-state index is 0.562. The van der Waals surface area contributed by atoms with Crippen LogP contribution in [0.15, 0.2) is 30.3 Å². The minimum atomic E-state index is 0.562. The number of hydrogen-bond donors (Lipinski definition) is 1. The molecule has 0 spiro atoms. The summed E-state index contributed by atoms with van der Waals surface area (Å²) in [7, 11) is 0. The number of nitrogens with two attached hydrogens (primary N) is 1. The van der Waals surface area contributed by atoms with Crippen molar-refractivity contribution in [2.24, 2.45) is 0 Å². The van der Waals surface area contributed by atoms with Crippen molar-refractivity contribution in [1.82, 2.24) is 14.7 Å². The van der Waals surface area contributed by atoms with E-state index in [1.54, 1.807) is 4.52 Å². The van der Waals surface area contributed by atoms with Gasteiger partial charge < -0.3 is 5.73 Å². The maximum atomic E-state index is 5.71. The molecule has 3 rings (SSSR count). The number of nitrogens with zero attached hydrogens (tertiary/aromatic N) is 4. The van der Waals surface area contributed by atoms with Crippen LogP contribution >= 0.6 is 11.3 Å². The van der Waals surface area contributed by atoms with Crippen molar-refractivity contribution in [3.05, 3.63) is 41.7 Å². The summed E-state index contributed by atoms with van der Waals surface area (Å²) < 4.78 is 3.71. The lowest BCUT2D eigenvalue weighted by atomic mass is 10.2. The highest BCUT2D eigenvalue weighted by molar-refractivity contribution is 7.19. The molecular weight excluding hydrogens is 234 g/mol. The first-order chi connectivity index (χ1) is 8.24. The number of aryl methyl sites for hydroxylation is 1. The molecule has 0 fully saturated rings. The van der Waals surface area contributed by atoms with Crippen molar-refractivity contribution < 1.29 is 4.68 Å². The second-order valence-corrected chi connectivity index (χ2v) is 4.81. The molecule has 0 bridgehead atoms. The Kier molecular flexibility index (Phi) is 2.29. The molecule has 3 aromatic rings. The van der Waals surface area contributed by atoms with Crippen molar-refractivity contribution in [1.29, 1.82) is 0 Å². The number of aromatic nitrogens is 4. The second kappa shape index (κ2) is 3.81. The standard InChI is InChI=1S/C11H12N5S/c1-8-13-15(7-9-5-3-2-4-6-9)11-16(8)14-10(12)17-11/h2-6H,7H2,1H3,(H2,12,14)/q+1. The summed E-state index contributed by atoms with van der Waals surface area (Å²) in [5, 5.41) is 9.23. The summed E-state index contributed by atoms with van der Waals surface area (Å²) >= 11 is 1.45. The Hall–Kier alpha value is -1.95.